The van der Waals surface area contributed by atoms with Crippen molar-refractivity contribution >= 4 is 22.0 Å². The summed E-state index contributed by atoms with van der Waals surface area (Å²) in [5.41, 5.74) is -4.84. The second-order valence-electron chi connectivity index (χ2n) is 4.87. The van der Waals surface area contributed by atoms with E-state index < -0.39 is 33.5 Å². The summed E-state index contributed by atoms with van der Waals surface area (Å²) >= 11 is 0. The lowest BCUT2D eigenvalue weighted by Gasteiger charge is -2.17. The van der Waals surface area contributed by atoms with E-state index in [0.29, 0.717) is 5.56 Å². The van der Waals surface area contributed by atoms with Gasteiger partial charge in [-0.05, 0) is 30.5 Å². The molecule has 1 aromatic rings. The van der Waals surface area contributed by atoms with E-state index >= 15 is 0 Å². The molecule has 0 saturated carbocycles. The number of benzene rings is 1. The molecule has 0 saturated heterocycles. The molecule has 0 radical (unpaired) electrons. The molecule has 0 aliphatic heterocycles. The van der Waals surface area contributed by atoms with Crippen molar-refractivity contribution in [1.29, 1.82) is 0 Å². The van der Waals surface area contributed by atoms with E-state index in [1.807, 2.05) is 0 Å². The summed E-state index contributed by atoms with van der Waals surface area (Å²) in [6, 6.07) is 4.27. The van der Waals surface area contributed by atoms with Crippen molar-refractivity contribution in [3.05, 3.63) is 35.4 Å². The highest BCUT2D eigenvalue weighted by Crippen LogP contribution is 2.23. The number of methoxy groups -OCH3 is 2. The molecule has 0 fully saturated rings. The Morgan fingerprint density at radius 1 is 1.20 bits per heavy atom. The predicted molar refractivity (Wildman–Crippen MR) is 80.0 cm³/mol. The standard InChI is InChI=1S/C14H16F3NO6S/c1-23-12(19)10-5-3-4-9(8-10)6-7-11(13(20)24-2)18-25(21,22)14(15,16)17/h3-5,8,11,18H,6-7H2,1-2H3/t11-/m0/s1. The number of alkyl halides is 3. The number of sulfonamides is 1. The van der Waals surface area contributed by atoms with Crippen molar-refractivity contribution in [3.8, 4) is 0 Å². The van der Waals surface area contributed by atoms with Crippen LogP contribution in [0.3, 0.4) is 0 Å². The summed E-state index contributed by atoms with van der Waals surface area (Å²) in [6.45, 7) is 0. The van der Waals surface area contributed by atoms with Crippen LogP contribution in [0.15, 0.2) is 24.3 Å². The van der Waals surface area contributed by atoms with Crippen molar-refractivity contribution in [3.63, 3.8) is 0 Å². The van der Waals surface area contributed by atoms with Crippen LogP contribution in [0.25, 0.3) is 0 Å². The second kappa shape index (κ2) is 8.30. The highest BCUT2D eigenvalue weighted by molar-refractivity contribution is 7.90. The van der Waals surface area contributed by atoms with Gasteiger partial charge in [0.2, 0.25) is 0 Å². The predicted octanol–water partition coefficient (Wildman–Crippen LogP) is 1.39. The van der Waals surface area contributed by atoms with Crippen LogP contribution in [-0.2, 0) is 30.7 Å². The molecule has 0 amide bonds. The lowest BCUT2D eigenvalue weighted by atomic mass is 10.0. The van der Waals surface area contributed by atoms with Gasteiger partial charge in [0.25, 0.3) is 0 Å². The van der Waals surface area contributed by atoms with Crippen LogP contribution in [-0.4, -0.2) is 46.1 Å². The van der Waals surface area contributed by atoms with E-state index in [1.165, 1.54) is 30.0 Å². The number of carbonyl (C=O) groups excluding carboxylic acids is 2. The maximum absolute atomic E-state index is 12.5. The van der Waals surface area contributed by atoms with Gasteiger partial charge < -0.3 is 9.47 Å². The molecule has 25 heavy (non-hydrogen) atoms. The molecule has 11 heteroatoms. The Morgan fingerprint density at radius 3 is 2.36 bits per heavy atom. The molecule has 0 spiro atoms. The summed E-state index contributed by atoms with van der Waals surface area (Å²) in [4.78, 5) is 23.0. The van der Waals surface area contributed by atoms with Gasteiger partial charge in [-0.1, -0.05) is 12.1 Å². The molecule has 7 nitrogen and oxygen atoms in total. The summed E-state index contributed by atoms with van der Waals surface area (Å²) in [6.07, 6.45) is -0.280. The zero-order valence-corrected chi connectivity index (χ0v) is 14.1. The van der Waals surface area contributed by atoms with Crippen LogP contribution in [0.2, 0.25) is 0 Å². The fraction of sp³-hybridized carbons (Fsp3) is 0.429. The van der Waals surface area contributed by atoms with Crippen molar-refractivity contribution in [2.75, 3.05) is 14.2 Å². The number of carbonyl (C=O) groups is 2. The van der Waals surface area contributed by atoms with Crippen LogP contribution in [0, 0.1) is 0 Å². The van der Waals surface area contributed by atoms with Gasteiger partial charge in [-0.3, -0.25) is 4.79 Å². The number of halogens is 3. The highest BCUT2D eigenvalue weighted by atomic mass is 32.2. The first-order valence-electron chi connectivity index (χ1n) is 6.85. The Balaban J connectivity index is 2.91. The Labute approximate surface area is 142 Å². The third-order valence-electron chi connectivity index (χ3n) is 3.16. The normalized spacial score (nSPS) is 13.2. The summed E-state index contributed by atoms with van der Waals surface area (Å²) < 4.78 is 69.9. The van der Waals surface area contributed by atoms with Gasteiger partial charge in [0.15, 0.2) is 0 Å². The van der Waals surface area contributed by atoms with Crippen LogP contribution in [0.4, 0.5) is 13.2 Å². The minimum Gasteiger partial charge on any atom is -0.468 e. The average molecular weight is 383 g/mol. The molecular weight excluding hydrogens is 367 g/mol. The number of hydrogen-bond acceptors (Lipinski definition) is 6. The topological polar surface area (TPSA) is 98.8 Å². The lowest BCUT2D eigenvalue weighted by molar-refractivity contribution is -0.142. The minimum absolute atomic E-state index is 0.0188. The number of nitrogens with one attached hydrogen (secondary N) is 1. The number of hydrogen-bond donors (Lipinski definition) is 1. The van der Waals surface area contributed by atoms with Gasteiger partial charge >= 0.3 is 27.5 Å². The monoisotopic (exact) mass is 383 g/mol. The van der Waals surface area contributed by atoms with Gasteiger partial charge in [-0.25, -0.2) is 13.2 Å². The maximum Gasteiger partial charge on any atom is 0.511 e. The first kappa shape index (κ1) is 20.9. The van der Waals surface area contributed by atoms with Crippen LogP contribution in [0.5, 0.6) is 0 Å². The third kappa shape index (κ3) is 5.71. The molecule has 1 aromatic carbocycles. The van der Waals surface area contributed by atoms with E-state index in [9.17, 15) is 31.2 Å². The molecule has 0 aliphatic carbocycles. The number of aryl methyl sites for hydroxylation is 1. The molecule has 0 unspecified atom stereocenters. The first-order chi connectivity index (χ1) is 11.5. The molecule has 0 heterocycles. The Bertz CT molecular complexity index is 732. The molecule has 0 bridgehead atoms. The molecule has 1 rings (SSSR count). The van der Waals surface area contributed by atoms with Crippen molar-refractivity contribution in [2.24, 2.45) is 0 Å². The Morgan fingerprint density at radius 2 is 1.84 bits per heavy atom. The van der Waals surface area contributed by atoms with E-state index in [2.05, 4.69) is 9.47 Å². The number of esters is 2. The molecular formula is C14H16F3NO6S. The van der Waals surface area contributed by atoms with E-state index in [4.69, 9.17) is 0 Å². The highest BCUT2D eigenvalue weighted by Gasteiger charge is 2.47. The SMILES string of the molecule is COC(=O)c1cccc(CC[C@H](NS(=O)(=O)C(F)(F)F)C(=O)OC)c1. The zero-order valence-electron chi connectivity index (χ0n) is 13.3. The van der Waals surface area contributed by atoms with Gasteiger partial charge in [0.05, 0.1) is 19.8 Å². The minimum atomic E-state index is -5.71. The van der Waals surface area contributed by atoms with Gasteiger partial charge in [0.1, 0.15) is 6.04 Å². The van der Waals surface area contributed by atoms with E-state index in [-0.39, 0.29) is 18.4 Å². The van der Waals surface area contributed by atoms with Crippen molar-refractivity contribution < 1.29 is 40.7 Å². The third-order valence-corrected chi connectivity index (χ3v) is 4.36. The number of rotatable bonds is 7. The van der Waals surface area contributed by atoms with Crippen LogP contribution < -0.4 is 4.72 Å². The van der Waals surface area contributed by atoms with Crippen LogP contribution in [0.1, 0.15) is 22.3 Å². The lowest BCUT2D eigenvalue weighted by Crippen LogP contribution is -2.47. The van der Waals surface area contributed by atoms with Gasteiger partial charge in [-0.2, -0.15) is 17.9 Å². The molecule has 0 aromatic heterocycles. The van der Waals surface area contributed by atoms with Crippen LogP contribution >= 0.6 is 0 Å². The quantitative estimate of drug-likeness (QED) is 0.715. The Kier molecular flexibility index (Phi) is 6.94. The van der Waals surface area contributed by atoms with E-state index in [1.54, 1.807) is 6.07 Å². The second-order valence-corrected chi connectivity index (χ2v) is 6.58. The average Bonchev–Trinajstić information content (AvgIpc) is 2.56. The first-order valence-corrected chi connectivity index (χ1v) is 8.34. The van der Waals surface area contributed by atoms with Crippen molar-refractivity contribution in [2.45, 2.75) is 24.4 Å². The summed E-state index contributed by atoms with van der Waals surface area (Å²) in [5, 5.41) is 0. The molecule has 0 aliphatic rings. The largest absolute Gasteiger partial charge is 0.511 e. The smallest absolute Gasteiger partial charge is 0.468 e. The summed E-state index contributed by atoms with van der Waals surface area (Å²) in [7, 11) is -3.59. The molecule has 1 atom stereocenters. The van der Waals surface area contributed by atoms with Gasteiger partial charge in [0, 0.05) is 0 Å². The molecule has 140 valence electrons. The molecule has 1 N–H and O–H groups in total. The van der Waals surface area contributed by atoms with Gasteiger partial charge in [-0.15, -0.1) is 0 Å². The summed E-state index contributed by atoms with van der Waals surface area (Å²) in [5.74, 6) is -1.76. The van der Waals surface area contributed by atoms with E-state index in [0.717, 1.165) is 7.11 Å². The maximum atomic E-state index is 12.5. The number of ether oxygens (including phenoxy) is 2. The fourth-order valence-corrected chi connectivity index (χ4v) is 2.63. The fourth-order valence-electron chi connectivity index (χ4n) is 1.90. The van der Waals surface area contributed by atoms with Crippen molar-refractivity contribution in [1.82, 2.24) is 4.72 Å². The zero-order chi connectivity index (χ0) is 19.3. The Hall–Kier alpha value is -2.14.